The highest BCUT2D eigenvalue weighted by Crippen LogP contribution is 2.42. The minimum atomic E-state index is -4.41. The van der Waals surface area contributed by atoms with Gasteiger partial charge in [-0.25, -0.2) is 4.79 Å². The van der Waals surface area contributed by atoms with Gasteiger partial charge in [0.15, 0.2) is 0 Å². The lowest BCUT2D eigenvalue weighted by Gasteiger charge is -2.37. The van der Waals surface area contributed by atoms with Gasteiger partial charge in [0.2, 0.25) is 5.91 Å². The first-order valence-corrected chi connectivity index (χ1v) is 14.3. The van der Waals surface area contributed by atoms with Crippen molar-refractivity contribution in [1.82, 2.24) is 19.6 Å². The SMILES string of the molecule is CC(=O)N(C)c1cnn(C(=O)N2C[C@H]3CC(N(C)Cc4cc(N5C6CCC5COC6)cc(C(F)(F)F)c4)C[C@H]3C2)c1. The predicted molar refractivity (Wildman–Crippen MR) is 147 cm³/mol. The predicted octanol–water partition coefficient (Wildman–Crippen LogP) is 4.06. The van der Waals surface area contributed by atoms with Crippen LogP contribution in [0.25, 0.3) is 0 Å². The number of likely N-dealkylation sites (tertiary alicyclic amines) is 1. The summed E-state index contributed by atoms with van der Waals surface area (Å²) in [5.41, 5.74) is 1.28. The number of rotatable bonds is 5. The molecule has 4 fully saturated rings. The Labute approximate surface area is 237 Å². The number of aromatic nitrogens is 2. The number of carbonyl (C=O) groups excluding carboxylic acids is 2. The number of carbonyl (C=O) groups is 2. The Morgan fingerprint density at radius 2 is 1.71 bits per heavy atom. The Balaban J connectivity index is 1.10. The smallest absolute Gasteiger partial charge is 0.377 e. The van der Waals surface area contributed by atoms with Gasteiger partial charge in [0.05, 0.1) is 48.9 Å². The van der Waals surface area contributed by atoms with Gasteiger partial charge < -0.3 is 19.4 Å². The van der Waals surface area contributed by atoms with Gasteiger partial charge in [-0.2, -0.15) is 23.0 Å². The highest BCUT2D eigenvalue weighted by Gasteiger charge is 2.44. The number of amides is 2. The number of morpholine rings is 1. The van der Waals surface area contributed by atoms with Crippen molar-refractivity contribution in [3.8, 4) is 0 Å². The molecule has 2 aromatic rings. The summed E-state index contributed by atoms with van der Waals surface area (Å²) in [6, 6.07) is 4.81. The Kier molecular flexibility index (Phi) is 7.25. The van der Waals surface area contributed by atoms with Crippen molar-refractivity contribution >= 4 is 23.3 Å². The van der Waals surface area contributed by atoms with Gasteiger partial charge >= 0.3 is 12.2 Å². The van der Waals surface area contributed by atoms with Crippen LogP contribution in [0, 0.1) is 11.8 Å². The fourth-order valence-electron chi connectivity index (χ4n) is 7.25. The second-order valence-corrected chi connectivity index (χ2v) is 12.2. The molecule has 6 rings (SSSR count). The number of nitrogens with zero attached hydrogens (tertiary/aromatic N) is 6. The summed E-state index contributed by atoms with van der Waals surface area (Å²) in [5, 5.41) is 4.16. The van der Waals surface area contributed by atoms with Gasteiger partial charge in [-0.15, -0.1) is 0 Å². The van der Waals surface area contributed by atoms with Crippen LogP contribution in [-0.2, 0) is 22.3 Å². The summed E-state index contributed by atoms with van der Waals surface area (Å²) in [5.74, 6) is 0.530. The molecule has 1 aromatic heterocycles. The average molecular weight is 575 g/mol. The molecule has 4 heterocycles. The molecule has 41 heavy (non-hydrogen) atoms. The molecule has 1 aliphatic carbocycles. The van der Waals surface area contributed by atoms with Gasteiger partial charge in [0, 0.05) is 45.3 Å². The monoisotopic (exact) mass is 574 g/mol. The molecule has 5 atom stereocenters. The molecule has 1 saturated carbocycles. The van der Waals surface area contributed by atoms with Crippen LogP contribution in [0.4, 0.5) is 29.3 Å². The zero-order valence-corrected chi connectivity index (χ0v) is 23.7. The quantitative estimate of drug-likeness (QED) is 0.537. The molecule has 0 spiro atoms. The van der Waals surface area contributed by atoms with E-state index in [-0.39, 0.29) is 30.1 Å². The fourth-order valence-corrected chi connectivity index (χ4v) is 7.25. The van der Waals surface area contributed by atoms with Crippen LogP contribution in [-0.4, -0.2) is 90.0 Å². The summed E-state index contributed by atoms with van der Waals surface area (Å²) < 4.78 is 48.7. The van der Waals surface area contributed by atoms with E-state index in [1.165, 1.54) is 34.8 Å². The number of fused-ring (bicyclic) bond motifs is 3. The van der Waals surface area contributed by atoms with Gasteiger partial charge in [-0.3, -0.25) is 9.69 Å². The van der Waals surface area contributed by atoms with E-state index in [4.69, 9.17) is 4.74 Å². The zero-order chi connectivity index (χ0) is 29.1. The van der Waals surface area contributed by atoms with Crippen molar-refractivity contribution in [2.45, 2.75) is 63.5 Å². The van der Waals surface area contributed by atoms with Gasteiger partial charge in [0.1, 0.15) is 0 Å². The second-order valence-electron chi connectivity index (χ2n) is 12.2. The topological polar surface area (TPSA) is 74.2 Å². The van der Waals surface area contributed by atoms with Crippen LogP contribution in [0.2, 0.25) is 0 Å². The van der Waals surface area contributed by atoms with Crippen LogP contribution in [0.15, 0.2) is 30.6 Å². The molecule has 4 aliphatic rings. The first kappa shape index (κ1) is 28.0. The number of alkyl halides is 3. The Morgan fingerprint density at radius 1 is 1.05 bits per heavy atom. The van der Waals surface area contributed by atoms with Gasteiger partial charge in [-0.1, -0.05) is 0 Å². The van der Waals surface area contributed by atoms with E-state index in [2.05, 4.69) is 14.9 Å². The fraction of sp³-hybridized carbons (Fsp3) is 0.621. The molecule has 3 unspecified atom stereocenters. The molecule has 12 heteroatoms. The van der Waals surface area contributed by atoms with E-state index >= 15 is 0 Å². The largest absolute Gasteiger partial charge is 0.416 e. The number of ether oxygens (including phenoxy) is 1. The van der Waals surface area contributed by atoms with Gasteiger partial charge in [0.25, 0.3) is 0 Å². The lowest BCUT2D eigenvalue weighted by atomic mass is 10.0. The number of halogens is 3. The maximum absolute atomic E-state index is 13.9. The minimum Gasteiger partial charge on any atom is -0.377 e. The first-order valence-electron chi connectivity index (χ1n) is 14.3. The van der Waals surface area contributed by atoms with E-state index in [9.17, 15) is 22.8 Å². The third kappa shape index (κ3) is 5.43. The molecule has 0 radical (unpaired) electrons. The second kappa shape index (κ2) is 10.6. The standard InChI is InChI=1S/C29H37F3N6O3/c1-18(39)35(3)27-11-33-37(15-27)28(40)36-13-20-8-25(9-21(20)14-36)34(2)12-19-6-22(29(30,31)32)10-26(7-19)38-23-4-5-24(38)17-41-16-23/h6-7,10-11,15,20-21,23-25H,4-5,8-9,12-14,16-17H2,1-3H3/t20-,21+,23?,24?,25?. The van der Waals surface area contributed by atoms with Crippen LogP contribution in [0.5, 0.6) is 0 Å². The van der Waals surface area contributed by atoms with E-state index in [0.717, 1.165) is 25.7 Å². The number of anilines is 2. The molecular weight excluding hydrogens is 537 g/mol. The summed E-state index contributed by atoms with van der Waals surface area (Å²) in [6.45, 7) is 4.25. The molecular formula is C29H37F3N6O3. The van der Waals surface area contributed by atoms with Crippen molar-refractivity contribution in [2.24, 2.45) is 11.8 Å². The van der Waals surface area contributed by atoms with Crippen molar-refractivity contribution < 1.29 is 27.5 Å². The molecule has 3 aliphatic heterocycles. The molecule has 0 N–H and O–H groups in total. The lowest BCUT2D eigenvalue weighted by molar-refractivity contribution is -0.137. The van der Waals surface area contributed by atoms with E-state index in [1.807, 2.05) is 18.0 Å². The van der Waals surface area contributed by atoms with Crippen LogP contribution in [0.3, 0.4) is 0 Å². The molecule has 222 valence electrons. The van der Waals surface area contributed by atoms with Crippen LogP contribution >= 0.6 is 0 Å². The Bertz CT molecular complexity index is 1280. The Morgan fingerprint density at radius 3 is 2.32 bits per heavy atom. The molecule has 2 bridgehead atoms. The summed E-state index contributed by atoms with van der Waals surface area (Å²) >= 11 is 0. The Hall–Kier alpha value is -3.12. The van der Waals surface area contributed by atoms with Crippen molar-refractivity contribution in [2.75, 3.05) is 50.2 Å². The molecule has 1 aromatic carbocycles. The van der Waals surface area contributed by atoms with E-state index < -0.39 is 11.7 Å². The summed E-state index contributed by atoms with van der Waals surface area (Å²) in [6.07, 6.45) is 2.33. The summed E-state index contributed by atoms with van der Waals surface area (Å²) in [4.78, 5) is 32.3. The van der Waals surface area contributed by atoms with Crippen molar-refractivity contribution in [3.63, 3.8) is 0 Å². The van der Waals surface area contributed by atoms with Crippen molar-refractivity contribution in [1.29, 1.82) is 0 Å². The van der Waals surface area contributed by atoms with Crippen LogP contribution in [0.1, 0.15) is 43.7 Å². The highest BCUT2D eigenvalue weighted by atomic mass is 19.4. The molecule has 3 saturated heterocycles. The number of hydrogen-bond acceptors (Lipinski definition) is 6. The maximum atomic E-state index is 13.9. The van der Waals surface area contributed by atoms with Gasteiger partial charge in [-0.05, 0) is 68.3 Å². The first-order chi connectivity index (χ1) is 19.5. The third-order valence-corrected chi connectivity index (χ3v) is 9.52. The molecule has 9 nitrogen and oxygen atoms in total. The third-order valence-electron chi connectivity index (χ3n) is 9.52. The number of benzene rings is 1. The number of hydrogen-bond donors (Lipinski definition) is 0. The van der Waals surface area contributed by atoms with E-state index in [1.54, 1.807) is 13.2 Å². The van der Waals surface area contributed by atoms with Crippen molar-refractivity contribution in [3.05, 3.63) is 41.7 Å². The minimum absolute atomic E-state index is 0.131. The average Bonchev–Trinajstić information content (AvgIpc) is 3.69. The molecule has 2 amide bonds. The normalized spacial score (nSPS) is 27.5. The zero-order valence-electron chi connectivity index (χ0n) is 23.7. The van der Waals surface area contributed by atoms with E-state index in [0.29, 0.717) is 61.6 Å². The van der Waals surface area contributed by atoms with Crippen LogP contribution < -0.4 is 9.80 Å². The lowest BCUT2D eigenvalue weighted by Crippen LogP contribution is -2.46. The highest BCUT2D eigenvalue weighted by molar-refractivity contribution is 5.91. The summed E-state index contributed by atoms with van der Waals surface area (Å²) in [7, 11) is 3.63. The maximum Gasteiger partial charge on any atom is 0.416 e.